The number of aromatic nitrogens is 2. The second kappa shape index (κ2) is 7.45. The van der Waals surface area contributed by atoms with Crippen molar-refractivity contribution in [2.45, 2.75) is 37.5 Å². The zero-order valence-electron chi connectivity index (χ0n) is 13.5. The van der Waals surface area contributed by atoms with Crippen LogP contribution in [0.4, 0.5) is 0 Å². The Hall–Kier alpha value is -1.40. The van der Waals surface area contributed by atoms with Gasteiger partial charge in [0.05, 0.1) is 5.56 Å². The average molecular weight is 348 g/mol. The Morgan fingerprint density at radius 1 is 1.39 bits per heavy atom. The molecule has 0 bridgehead atoms. The zero-order chi connectivity index (χ0) is 16.2. The summed E-state index contributed by atoms with van der Waals surface area (Å²) in [6, 6.07) is 7.93. The Balaban J connectivity index is 1.77. The molecule has 23 heavy (non-hydrogen) atoms. The minimum Gasteiger partial charge on any atom is -0.338 e. The predicted octanol–water partition coefficient (Wildman–Crippen LogP) is 3.98. The number of hydrogen-bond donors (Lipinski definition) is 0. The normalized spacial score (nSPS) is 18.2. The first kappa shape index (κ1) is 16.5. The number of carbonyl (C=O) groups is 1. The fraction of sp³-hybridized carbons (Fsp3) is 0.471. The van der Waals surface area contributed by atoms with Gasteiger partial charge < -0.3 is 4.90 Å². The summed E-state index contributed by atoms with van der Waals surface area (Å²) in [6.45, 7) is 5.67. The number of benzene rings is 1. The SMILES string of the molecule is CCSc1ccccc1C(=O)N1CCC[C@H](c2nnc(C)s2)C1. The van der Waals surface area contributed by atoms with Gasteiger partial charge in [-0.2, -0.15) is 0 Å². The number of hydrogen-bond acceptors (Lipinski definition) is 5. The molecule has 0 saturated carbocycles. The number of piperidine rings is 1. The van der Waals surface area contributed by atoms with E-state index in [1.165, 1.54) is 0 Å². The fourth-order valence-electron chi connectivity index (χ4n) is 2.94. The molecule has 1 aliphatic rings. The summed E-state index contributed by atoms with van der Waals surface area (Å²) in [5, 5.41) is 10.5. The number of amides is 1. The molecule has 0 spiro atoms. The van der Waals surface area contributed by atoms with E-state index in [1.807, 2.05) is 36.1 Å². The van der Waals surface area contributed by atoms with Gasteiger partial charge in [-0.05, 0) is 37.7 Å². The molecule has 1 atom stereocenters. The smallest absolute Gasteiger partial charge is 0.255 e. The molecule has 0 aliphatic carbocycles. The Bertz CT molecular complexity index is 686. The van der Waals surface area contributed by atoms with Gasteiger partial charge in [-0.15, -0.1) is 33.3 Å². The first-order chi connectivity index (χ1) is 11.2. The average Bonchev–Trinajstić information content (AvgIpc) is 3.02. The van der Waals surface area contributed by atoms with E-state index in [9.17, 15) is 4.79 Å². The van der Waals surface area contributed by atoms with Crippen LogP contribution in [-0.2, 0) is 0 Å². The van der Waals surface area contributed by atoms with E-state index in [4.69, 9.17) is 0 Å². The molecule has 4 nitrogen and oxygen atoms in total. The molecule has 1 fully saturated rings. The maximum Gasteiger partial charge on any atom is 0.255 e. The highest BCUT2D eigenvalue weighted by Gasteiger charge is 2.28. The van der Waals surface area contributed by atoms with Crippen molar-refractivity contribution in [3.05, 3.63) is 39.8 Å². The van der Waals surface area contributed by atoms with Gasteiger partial charge in [0.2, 0.25) is 0 Å². The highest BCUT2D eigenvalue weighted by Crippen LogP contribution is 2.31. The Labute approximate surface area is 145 Å². The molecular weight excluding hydrogens is 326 g/mol. The van der Waals surface area contributed by atoms with Gasteiger partial charge in [0.25, 0.3) is 5.91 Å². The molecule has 3 rings (SSSR count). The molecule has 0 radical (unpaired) electrons. The van der Waals surface area contributed by atoms with Crippen molar-refractivity contribution in [2.75, 3.05) is 18.8 Å². The van der Waals surface area contributed by atoms with Gasteiger partial charge in [-0.1, -0.05) is 19.1 Å². The molecule has 1 saturated heterocycles. The van der Waals surface area contributed by atoms with E-state index in [2.05, 4.69) is 17.1 Å². The number of nitrogens with zero attached hydrogens (tertiary/aromatic N) is 3. The molecule has 122 valence electrons. The Morgan fingerprint density at radius 2 is 2.22 bits per heavy atom. The van der Waals surface area contributed by atoms with Gasteiger partial charge in [0.1, 0.15) is 10.0 Å². The summed E-state index contributed by atoms with van der Waals surface area (Å²) in [6.07, 6.45) is 2.11. The molecule has 0 unspecified atom stereocenters. The topological polar surface area (TPSA) is 46.1 Å². The minimum atomic E-state index is 0.146. The third-order valence-corrected chi connectivity index (χ3v) is 5.97. The van der Waals surface area contributed by atoms with E-state index in [0.29, 0.717) is 5.92 Å². The van der Waals surface area contributed by atoms with Crippen molar-refractivity contribution in [3.63, 3.8) is 0 Å². The van der Waals surface area contributed by atoms with Gasteiger partial charge in [-0.3, -0.25) is 4.79 Å². The molecule has 6 heteroatoms. The van der Waals surface area contributed by atoms with Gasteiger partial charge >= 0.3 is 0 Å². The van der Waals surface area contributed by atoms with Crippen LogP contribution in [0.5, 0.6) is 0 Å². The lowest BCUT2D eigenvalue weighted by Crippen LogP contribution is -2.39. The van der Waals surface area contributed by atoms with E-state index in [0.717, 1.165) is 52.2 Å². The van der Waals surface area contributed by atoms with Crippen LogP contribution in [0, 0.1) is 6.92 Å². The van der Waals surface area contributed by atoms with Gasteiger partial charge in [0.15, 0.2) is 0 Å². The largest absolute Gasteiger partial charge is 0.338 e. The van der Waals surface area contributed by atoms with E-state index in [1.54, 1.807) is 23.1 Å². The van der Waals surface area contributed by atoms with E-state index < -0.39 is 0 Å². The second-order valence-corrected chi connectivity index (χ2v) is 8.20. The molecule has 1 aromatic carbocycles. The molecular formula is C17H21N3OS2. The summed E-state index contributed by atoms with van der Waals surface area (Å²) in [5.74, 6) is 1.44. The van der Waals surface area contributed by atoms with Crippen molar-refractivity contribution in [2.24, 2.45) is 0 Å². The van der Waals surface area contributed by atoms with Crippen LogP contribution < -0.4 is 0 Å². The summed E-state index contributed by atoms with van der Waals surface area (Å²) >= 11 is 3.38. The lowest BCUT2D eigenvalue weighted by molar-refractivity contribution is 0.0703. The summed E-state index contributed by atoms with van der Waals surface area (Å²) in [4.78, 5) is 16.0. The summed E-state index contributed by atoms with van der Waals surface area (Å²) < 4.78 is 0. The maximum atomic E-state index is 13.0. The lowest BCUT2D eigenvalue weighted by atomic mass is 9.98. The Morgan fingerprint density at radius 3 is 2.96 bits per heavy atom. The third kappa shape index (κ3) is 3.75. The Kier molecular flexibility index (Phi) is 5.33. The first-order valence-corrected chi connectivity index (χ1v) is 9.80. The van der Waals surface area contributed by atoms with E-state index in [-0.39, 0.29) is 5.91 Å². The molecule has 2 aromatic rings. The van der Waals surface area contributed by atoms with Crippen molar-refractivity contribution in [3.8, 4) is 0 Å². The highest BCUT2D eigenvalue weighted by atomic mass is 32.2. The molecule has 1 amide bonds. The van der Waals surface area contributed by atoms with Crippen LogP contribution >= 0.6 is 23.1 Å². The van der Waals surface area contributed by atoms with Crippen LogP contribution in [-0.4, -0.2) is 39.8 Å². The van der Waals surface area contributed by atoms with Crippen LogP contribution in [0.3, 0.4) is 0 Å². The third-order valence-electron chi connectivity index (χ3n) is 4.02. The standard InChI is InChI=1S/C17H21N3OS2/c1-3-22-15-9-5-4-8-14(15)17(21)20-10-6-7-13(11-20)16-19-18-12(2)23-16/h4-5,8-9,13H,3,6-7,10-11H2,1-2H3/t13-/m0/s1. The predicted molar refractivity (Wildman–Crippen MR) is 95.4 cm³/mol. The second-order valence-electron chi connectivity index (χ2n) is 5.68. The van der Waals surface area contributed by atoms with Crippen molar-refractivity contribution < 1.29 is 4.79 Å². The monoisotopic (exact) mass is 347 g/mol. The number of aryl methyl sites for hydroxylation is 1. The molecule has 1 aromatic heterocycles. The number of carbonyl (C=O) groups excluding carboxylic acids is 1. The van der Waals surface area contributed by atoms with Gasteiger partial charge in [-0.25, -0.2) is 0 Å². The minimum absolute atomic E-state index is 0.146. The van der Waals surface area contributed by atoms with Crippen molar-refractivity contribution in [1.82, 2.24) is 15.1 Å². The quantitative estimate of drug-likeness (QED) is 0.785. The van der Waals surface area contributed by atoms with Crippen LogP contribution in [0.15, 0.2) is 29.2 Å². The van der Waals surface area contributed by atoms with Crippen LogP contribution in [0.2, 0.25) is 0 Å². The molecule has 2 heterocycles. The molecule has 0 N–H and O–H groups in total. The molecule has 1 aliphatic heterocycles. The van der Waals surface area contributed by atoms with Crippen LogP contribution in [0.1, 0.15) is 46.1 Å². The van der Waals surface area contributed by atoms with Gasteiger partial charge in [0, 0.05) is 23.9 Å². The van der Waals surface area contributed by atoms with E-state index >= 15 is 0 Å². The van der Waals surface area contributed by atoms with Crippen LogP contribution in [0.25, 0.3) is 0 Å². The first-order valence-electron chi connectivity index (χ1n) is 8.00. The summed E-state index contributed by atoms with van der Waals surface area (Å²) in [5.41, 5.74) is 0.827. The fourth-order valence-corrected chi connectivity index (χ4v) is 4.56. The maximum absolute atomic E-state index is 13.0. The van der Waals surface area contributed by atoms with Crippen molar-refractivity contribution in [1.29, 1.82) is 0 Å². The number of rotatable bonds is 4. The lowest BCUT2D eigenvalue weighted by Gasteiger charge is -2.32. The number of likely N-dealkylation sites (tertiary alicyclic amines) is 1. The zero-order valence-corrected chi connectivity index (χ0v) is 15.1. The summed E-state index contributed by atoms with van der Waals surface area (Å²) in [7, 11) is 0. The van der Waals surface area contributed by atoms with Crippen molar-refractivity contribution >= 4 is 29.0 Å². The highest BCUT2D eigenvalue weighted by molar-refractivity contribution is 7.99. The number of thioether (sulfide) groups is 1.